The lowest BCUT2D eigenvalue weighted by atomic mass is 9.39. The van der Waals surface area contributed by atoms with Crippen LogP contribution in [0.1, 0.15) is 91.9 Å². The van der Waals surface area contributed by atoms with Gasteiger partial charge in [0.05, 0.1) is 11.7 Å². The molecule has 0 aromatic carbocycles. The normalized spacial score (nSPS) is 60.2. The van der Waals surface area contributed by atoms with Crippen LogP contribution in [0.5, 0.6) is 0 Å². The van der Waals surface area contributed by atoms with Crippen molar-refractivity contribution in [2.45, 2.75) is 104 Å². The van der Waals surface area contributed by atoms with E-state index in [1.807, 2.05) is 0 Å². The van der Waals surface area contributed by atoms with E-state index in [4.69, 9.17) is 0 Å². The molecule has 4 rings (SSSR count). The summed E-state index contributed by atoms with van der Waals surface area (Å²) in [5.41, 5.74) is 0.437. The molecule has 138 valence electrons. The van der Waals surface area contributed by atoms with Gasteiger partial charge in [-0.1, -0.05) is 27.7 Å². The lowest BCUT2D eigenvalue weighted by Gasteiger charge is -2.66. The molecule has 0 saturated heterocycles. The minimum atomic E-state index is -0.423. The van der Waals surface area contributed by atoms with Crippen LogP contribution in [0.15, 0.2) is 0 Å². The smallest absolute Gasteiger partial charge is 0.0650 e. The van der Waals surface area contributed by atoms with Crippen molar-refractivity contribution < 1.29 is 10.2 Å². The molecule has 4 aliphatic carbocycles. The summed E-state index contributed by atoms with van der Waals surface area (Å²) < 4.78 is 0. The summed E-state index contributed by atoms with van der Waals surface area (Å²) in [7, 11) is 0. The van der Waals surface area contributed by atoms with Gasteiger partial charge in [-0.2, -0.15) is 0 Å². The third kappa shape index (κ3) is 2.08. The standard InChI is InChI=1S/C22H38O2/c1-5-22(24)13-12-21(4)17-9-11-20(3)16(6-7-18(20)23)15(17)8-10-19(21,2)14-22/h15-18,23-24H,5-14H2,1-4H3/t15-,16-,17-,18-,19+,20+,21-,22+/m1/s1. The molecule has 0 amide bonds. The molecule has 0 unspecified atom stereocenters. The molecule has 4 saturated carbocycles. The van der Waals surface area contributed by atoms with Crippen molar-refractivity contribution in [1.82, 2.24) is 0 Å². The van der Waals surface area contributed by atoms with Crippen molar-refractivity contribution in [1.29, 1.82) is 0 Å². The van der Waals surface area contributed by atoms with Crippen molar-refractivity contribution in [3.05, 3.63) is 0 Å². The van der Waals surface area contributed by atoms with E-state index in [-0.39, 0.29) is 11.5 Å². The van der Waals surface area contributed by atoms with Crippen LogP contribution < -0.4 is 0 Å². The molecular weight excluding hydrogens is 296 g/mol. The predicted octanol–water partition coefficient (Wildman–Crippen LogP) is 4.92. The molecule has 2 heteroatoms. The predicted molar refractivity (Wildman–Crippen MR) is 97.6 cm³/mol. The van der Waals surface area contributed by atoms with Gasteiger partial charge >= 0.3 is 0 Å². The second-order valence-electron chi connectivity index (χ2n) is 10.8. The summed E-state index contributed by atoms with van der Waals surface area (Å²) in [4.78, 5) is 0. The average molecular weight is 335 g/mol. The molecule has 2 nitrogen and oxygen atoms in total. The topological polar surface area (TPSA) is 40.5 Å². The Morgan fingerprint density at radius 3 is 2.33 bits per heavy atom. The van der Waals surface area contributed by atoms with E-state index in [1.54, 1.807) is 0 Å². The van der Waals surface area contributed by atoms with Crippen molar-refractivity contribution in [3.8, 4) is 0 Å². The molecule has 0 aromatic heterocycles. The summed E-state index contributed by atoms with van der Waals surface area (Å²) in [6.07, 6.45) is 11.4. The zero-order chi connectivity index (χ0) is 17.4. The highest BCUT2D eigenvalue weighted by Crippen LogP contribution is 2.70. The highest BCUT2D eigenvalue weighted by molar-refractivity contribution is 5.14. The molecule has 4 fully saturated rings. The molecule has 0 bridgehead atoms. The van der Waals surface area contributed by atoms with Crippen LogP contribution in [0, 0.1) is 34.0 Å². The molecule has 0 aromatic rings. The highest BCUT2D eigenvalue weighted by atomic mass is 16.3. The van der Waals surface area contributed by atoms with Crippen LogP contribution in [0.3, 0.4) is 0 Å². The number of fused-ring (bicyclic) bond motifs is 5. The zero-order valence-corrected chi connectivity index (χ0v) is 16.3. The monoisotopic (exact) mass is 334 g/mol. The molecule has 0 aliphatic heterocycles. The van der Waals surface area contributed by atoms with Gasteiger partial charge in [0.1, 0.15) is 0 Å². The number of hydrogen-bond acceptors (Lipinski definition) is 2. The quantitative estimate of drug-likeness (QED) is 0.714. The minimum absolute atomic E-state index is 0.0684. The Bertz CT molecular complexity index is 518. The first kappa shape index (κ1) is 17.3. The number of aliphatic hydroxyl groups excluding tert-OH is 1. The van der Waals surface area contributed by atoms with E-state index in [0.29, 0.717) is 10.8 Å². The van der Waals surface area contributed by atoms with Gasteiger partial charge in [0.2, 0.25) is 0 Å². The lowest BCUT2D eigenvalue weighted by Crippen LogP contribution is -2.60. The van der Waals surface area contributed by atoms with Crippen LogP contribution in [-0.2, 0) is 0 Å². The molecule has 24 heavy (non-hydrogen) atoms. The number of hydrogen-bond donors (Lipinski definition) is 2. The maximum absolute atomic E-state index is 11.0. The van der Waals surface area contributed by atoms with Gasteiger partial charge < -0.3 is 10.2 Å². The fourth-order valence-corrected chi connectivity index (χ4v) is 8.06. The van der Waals surface area contributed by atoms with E-state index in [0.717, 1.165) is 43.4 Å². The Morgan fingerprint density at radius 2 is 1.62 bits per heavy atom. The summed E-state index contributed by atoms with van der Waals surface area (Å²) in [6.45, 7) is 9.58. The SMILES string of the molecule is CC[C@]1(O)CC[C@]2(C)[C@@H]3CC[C@]4(C)[C@H](O)CC[C@@H]4[C@H]3CC[C@@]2(C)C1. The van der Waals surface area contributed by atoms with Gasteiger partial charge in [-0.25, -0.2) is 0 Å². The third-order valence-electron chi connectivity index (χ3n) is 10.1. The molecule has 0 spiro atoms. The Kier molecular flexibility index (Phi) is 3.77. The maximum Gasteiger partial charge on any atom is 0.0650 e. The summed E-state index contributed by atoms with van der Waals surface area (Å²) in [5.74, 6) is 2.35. The van der Waals surface area contributed by atoms with Gasteiger partial charge in [0.25, 0.3) is 0 Å². The zero-order valence-electron chi connectivity index (χ0n) is 16.3. The molecule has 0 heterocycles. The van der Waals surface area contributed by atoms with Crippen LogP contribution in [-0.4, -0.2) is 21.9 Å². The van der Waals surface area contributed by atoms with E-state index in [9.17, 15) is 10.2 Å². The highest BCUT2D eigenvalue weighted by Gasteiger charge is 2.64. The number of aliphatic hydroxyl groups is 2. The molecule has 4 aliphatic rings. The second kappa shape index (κ2) is 5.22. The largest absolute Gasteiger partial charge is 0.393 e. The molecule has 2 N–H and O–H groups in total. The number of rotatable bonds is 1. The third-order valence-corrected chi connectivity index (χ3v) is 10.1. The first-order valence-corrected chi connectivity index (χ1v) is 10.6. The van der Waals surface area contributed by atoms with E-state index < -0.39 is 5.60 Å². The Balaban J connectivity index is 1.65. The first-order chi connectivity index (χ1) is 11.2. The summed E-state index contributed by atoms with van der Waals surface area (Å²) >= 11 is 0. The fourth-order valence-electron chi connectivity index (χ4n) is 8.06. The van der Waals surface area contributed by atoms with Gasteiger partial charge in [-0.05, 0) is 98.2 Å². The van der Waals surface area contributed by atoms with Crippen molar-refractivity contribution in [3.63, 3.8) is 0 Å². The molecule has 8 atom stereocenters. The second-order valence-corrected chi connectivity index (χ2v) is 10.8. The lowest BCUT2D eigenvalue weighted by molar-refractivity contribution is -0.195. The molecule has 0 radical (unpaired) electrons. The Morgan fingerprint density at radius 1 is 0.875 bits per heavy atom. The minimum Gasteiger partial charge on any atom is -0.393 e. The van der Waals surface area contributed by atoms with Crippen LogP contribution in [0.2, 0.25) is 0 Å². The van der Waals surface area contributed by atoms with Crippen molar-refractivity contribution in [2.75, 3.05) is 0 Å². The van der Waals surface area contributed by atoms with Crippen LogP contribution >= 0.6 is 0 Å². The van der Waals surface area contributed by atoms with E-state index in [1.165, 1.54) is 38.5 Å². The van der Waals surface area contributed by atoms with E-state index >= 15 is 0 Å². The van der Waals surface area contributed by atoms with Gasteiger partial charge in [-0.3, -0.25) is 0 Å². The maximum atomic E-state index is 11.0. The Hall–Kier alpha value is -0.0800. The van der Waals surface area contributed by atoms with Gasteiger partial charge in [-0.15, -0.1) is 0 Å². The van der Waals surface area contributed by atoms with Crippen LogP contribution in [0.25, 0.3) is 0 Å². The van der Waals surface area contributed by atoms with E-state index in [2.05, 4.69) is 27.7 Å². The first-order valence-electron chi connectivity index (χ1n) is 10.6. The van der Waals surface area contributed by atoms with Crippen molar-refractivity contribution >= 4 is 0 Å². The molecular formula is C22H38O2. The Labute approximate surface area is 148 Å². The average Bonchev–Trinajstić information content (AvgIpc) is 2.84. The fraction of sp³-hybridized carbons (Fsp3) is 1.00. The van der Waals surface area contributed by atoms with Crippen LogP contribution in [0.4, 0.5) is 0 Å². The van der Waals surface area contributed by atoms with Gasteiger partial charge in [0, 0.05) is 0 Å². The summed E-state index contributed by atoms with van der Waals surface area (Å²) in [6, 6.07) is 0. The summed E-state index contributed by atoms with van der Waals surface area (Å²) in [5, 5.41) is 21.6. The van der Waals surface area contributed by atoms with Crippen molar-refractivity contribution in [2.24, 2.45) is 34.0 Å². The van der Waals surface area contributed by atoms with Gasteiger partial charge in [0.15, 0.2) is 0 Å².